The number of fused-ring (bicyclic) bond motifs is 2. The molecule has 3 rings (SSSR count). The van der Waals surface area contributed by atoms with Crippen molar-refractivity contribution in [2.75, 3.05) is 6.61 Å². The van der Waals surface area contributed by atoms with Crippen molar-refractivity contribution in [2.45, 2.75) is 52.0 Å². The average Bonchev–Trinajstić information content (AvgIpc) is 3.03. The molecule has 4 atom stereocenters. The summed E-state index contributed by atoms with van der Waals surface area (Å²) in [4.78, 5) is 0. The fourth-order valence-electron chi connectivity index (χ4n) is 4.36. The largest absolute Gasteiger partial charge is 0.494 e. The maximum atomic E-state index is 6.53. The fraction of sp³-hybridized carbons (Fsp3) is 0.667. The van der Waals surface area contributed by atoms with Gasteiger partial charge in [0.25, 0.3) is 0 Å². The van der Waals surface area contributed by atoms with Crippen LogP contribution in [0, 0.1) is 24.7 Å². The SMILES string of the molecule is CCOc1ccc(C)cc1C(N)CC1CC2CCC1C2. The minimum Gasteiger partial charge on any atom is -0.494 e. The second-order valence-corrected chi connectivity index (χ2v) is 6.75. The standard InChI is InChI=1S/C18H27NO/c1-3-20-18-7-4-12(2)8-16(18)17(19)11-15-10-13-5-6-14(15)9-13/h4,7-8,13-15,17H,3,5-6,9-11,19H2,1-2H3. The summed E-state index contributed by atoms with van der Waals surface area (Å²) in [6.07, 6.45) is 6.90. The van der Waals surface area contributed by atoms with Crippen molar-refractivity contribution in [1.29, 1.82) is 0 Å². The van der Waals surface area contributed by atoms with Crippen LogP contribution in [-0.4, -0.2) is 6.61 Å². The van der Waals surface area contributed by atoms with Gasteiger partial charge in [-0.25, -0.2) is 0 Å². The van der Waals surface area contributed by atoms with Crippen molar-refractivity contribution in [3.8, 4) is 5.75 Å². The quantitative estimate of drug-likeness (QED) is 0.871. The number of aryl methyl sites for hydroxylation is 1. The highest BCUT2D eigenvalue weighted by Gasteiger charge is 2.40. The molecule has 0 radical (unpaired) electrons. The van der Waals surface area contributed by atoms with Crippen LogP contribution < -0.4 is 10.5 Å². The normalized spacial score (nSPS) is 29.6. The van der Waals surface area contributed by atoms with Crippen molar-refractivity contribution in [1.82, 2.24) is 0 Å². The lowest BCUT2D eigenvalue weighted by Gasteiger charge is -2.26. The first kappa shape index (κ1) is 13.9. The lowest BCUT2D eigenvalue weighted by molar-refractivity contribution is 0.289. The third-order valence-corrected chi connectivity index (χ3v) is 5.31. The molecule has 0 spiro atoms. The lowest BCUT2D eigenvalue weighted by Crippen LogP contribution is -2.20. The molecular formula is C18H27NO. The van der Waals surface area contributed by atoms with Crippen LogP contribution in [0.1, 0.15) is 56.2 Å². The van der Waals surface area contributed by atoms with E-state index in [-0.39, 0.29) is 6.04 Å². The van der Waals surface area contributed by atoms with Gasteiger partial charge in [0.05, 0.1) is 6.61 Å². The summed E-state index contributed by atoms with van der Waals surface area (Å²) < 4.78 is 5.76. The molecule has 0 saturated heterocycles. The van der Waals surface area contributed by atoms with E-state index in [1.165, 1.54) is 36.8 Å². The number of rotatable bonds is 5. The van der Waals surface area contributed by atoms with Crippen LogP contribution in [0.25, 0.3) is 0 Å². The van der Waals surface area contributed by atoms with Gasteiger partial charge in [-0.2, -0.15) is 0 Å². The lowest BCUT2D eigenvalue weighted by atomic mass is 9.82. The van der Waals surface area contributed by atoms with Crippen LogP contribution in [0.15, 0.2) is 18.2 Å². The Morgan fingerprint density at radius 2 is 2.15 bits per heavy atom. The zero-order valence-corrected chi connectivity index (χ0v) is 12.8. The van der Waals surface area contributed by atoms with Crippen molar-refractivity contribution in [2.24, 2.45) is 23.5 Å². The molecule has 2 aliphatic carbocycles. The Hall–Kier alpha value is -1.02. The number of ether oxygens (including phenoxy) is 1. The second kappa shape index (κ2) is 5.77. The molecule has 2 heteroatoms. The Balaban J connectivity index is 1.72. The Morgan fingerprint density at radius 1 is 1.30 bits per heavy atom. The summed E-state index contributed by atoms with van der Waals surface area (Å²) in [5, 5.41) is 0. The smallest absolute Gasteiger partial charge is 0.124 e. The van der Waals surface area contributed by atoms with Crippen molar-refractivity contribution < 1.29 is 4.74 Å². The van der Waals surface area contributed by atoms with E-state index >= 15 is 0 Å². The average molecular weight is 273 g/mol. The highest BCUT2D eigenvalue weighted by Crippen LogP contribution is 2.51. The summed E-state index contributed by atoms with van der Waals surface area (Å²) >= 11 is 0. The molecule has 2 bridgehead atoms. The molecule has 2 aliphatic rings. The van der Waals surface area contributed by atoms with Crippen molar-refractivity contribution in [3.05, 3.63) is 29.3 Å². The zero-order chi connectivity index (χ0) is 14.1. The first-order valence-electron chi connectivity index (χ1n) is 8.16. The summed E-state index contributed by atoms with van der Waals surface area (Å²) in [6, 6.07) is 6.52. The molecule has 1 aromatic carbocycles. The highest BCUT2D eigenvalue weighted by atomic mass is 16.5. The topological polar surface area (TPSA) is 35.2 Å². The molecule has 1 aromatic rings. The van der Waals surface area contributed by atoms with E-state index in [0.29, 0.717) is 6.61 Å². The molecule has 4 unspecified atom stereocenters. The Kier molecular flexibility index (Phi) is 4.02. The van der Waals surface area contributed by atoms with E-state index in [4.69, 9.17) is 10.5 Å². The summed E-state index contributed by atoms with van der Waals surface area (Å²) in [5.41, 5.74) is 9.00. The monoisotopic (exact) mass is 273 g/mol. The number of hydrogen-bond donors (Lipinski definition) is 1. The number of benzene rings is 1. The van der Waals surface area contributed by atoms with Crippen LogP contribution in [0.3, 0.4) is 0 Å². The summed E-state index contributed by atoms with van der Waals surface area (Å²) in [5.74, 6) is 3.78. The second-order valence-electron chi connectivity index (χ2n) is 6.75. The molecule has 0 aliphatic heterocycles. The Bertz CT molecular complexity index is 470. The van der Waals surface area contributed by atoms with Gasteiger partial charge in [-0.05, 0) is 63.4 Å². The fourth-order valence-corrected chi connectivity index (χ4v) is 4.36. The van der Waals surface area contributed by atoms with Crippen LogP contribution in [0.2, 0.25) is 0 Å². The van der Waals surface area contributed by atoms with Gasteiger partial charge < -0.3 is 10.5 Å². The van der Waals surface area contributed by atoms with Gasteiger partial charge >= 0.3 is 0 Å². The first-order valence-corrected chi connectivity index (χ1v) is 8.16. The number of nitrogens with two attached hydrogens (primary N) is 1. The van der Waals surface area contributed by atoms with Crippen LogP contribution >= 0.6 is 0 Å². The molecule has 2 nitrogen and oxygen atoms in total. The molecule has 0 amide bonds. The van der Waals surface area contributed by atoms with Gasteiger partial charge in [-0.1, -0.05) is 24.1 Å². The minimum atomic E-state index is 0.126. The first-order chi connectivity index (χ1) is 9.67. The Labute approximate surface area is 122 Å². The predicted octanol–water partition coefficient (Wildman–Crippen LogP) is 4.22. The molecule has 110 valence electrons. The van der Waals surface area contributed by atoms with Gasteiger partial charge in [0.15, 0.2) is 0 Å². The third kappa shape index (κ3) is 2.71. The van der Waals surface area contributed by atoms with Gasteiger partial charge in [0.1, 0.15) is 5.75 Å². The maximum Gasteiger partial charge on any atom is 0.124 e. The maximum absolute atomic E-state index is 6.53. The van der Waals surface area contributed by atoms with Gasteiger partial charge in [0.2, 0.25) is 0 Å². The molecule has 2 saturated carbocycles. The molecule has 20 heavy (non-hydrogen) atoms. The van der Waals surface area contributed by atoms with Crippen LogP contribution in [0.4, 0.5) is 0 Å². The van der Waals surface area contributed by atoms with Gasteiger partial charge in [0, 0.05) is 11.6 Å². The van der Waals surface area contributed by atoms with E-state index in [9.17, 15) is 0 Å². The van der Waals surface area contributed by atoms with Crippen LogP contribution in [0.5, 0.6) is 5.75 Å². The third-order valence-electron chi connectivity index (χ3n) is 5.31. The minimum absolute atomic E-state index is 0.126. The van der Waals surface area contributed by atoms with E-state index in [1.807, 2.05) is 6.92 Å². The van der Waals surface area contributed by atoms with E-state index in [2.05, 4.69) is 25.1 Å². The van der Waals surface area contributed by atoms with E-state index in [0.717, 1.165) is 29.9 Å². The van der Waals surface area contributed by atoms with E-state index < -0.39 is 0 Å². The number of hydrogen-bond acceptors (Lipinski definition) is 2. The summed E-state index contributed by atoms with van der Waals surface area (Å²) in [7, 11) is 0. The highest BCUT2D eigenvalue weighted by molar-refractivity contribution is 5.39. The molecular weight excluding hydrogens is 246 g/mol. The zero-order valence-electron chi connectivity index (χ0n) is 12.8. The molecule has 2 fully saturated rings. The van der Waals surface area contributed by atoms with E-state index in [1.54, 1.807) is 0 Å². The van der Waals surface area contributed by atoms with Gasteiger partial charge in [-0.3, -0.25) is 0 Å². The summed E-state index contributed by atoms with van der Waals surface area (Å²) in [6.45, 7) is 4.87. The van der Waals surface area contributed by atoms with Crippen molar-refractivity contribution in [3.63, 3.8) is 0 Å². The molecule has 0 aromatic heterocycles. The van der Waals surface area contributed by atoms with Crippen molar-refractivity contribution >= 4 is 0 Å². The molecule has 0 heterocycles. The van der Waals surface area contributed by atoms with Crippen LogP contribution in [-0.2, 0) is 0 Å². The predicted molar refractivity (Wildman–Crippen MR) is 82.8 cm³/mol. The molecule has 2 N–H and O–H groups in total. The van der Waals surface area contributed by atoms with Gasteiger partial charge in [-0.15, -0.1) is 0 Å². The Morgan fingerprint density at radius 3 is 2.80 bits per heavy atom.